The van der Waals surface area contributed by atoms with Crippen molar-refractivity contribution < 1.29 is 24.3 Å². The number of nitrogens with two attached hydrogens (primary N) is 1. The third kappa shape index (κ3) is 11.6. The fourth-order valence-electron chi connectivity index (χ4n) is 5.98. The van der Waals surface area contributed by atoms with Crippen LogP contribution < -0.4 is 27.1 Å². The summed E-state index contributed by atoms with van der Waals surface area (Å²) in [6.07, 6.45) is 4.12. The lowest BCUT2D eigenvalue weighted by atomic mass is 9.89. The van der Waals surface area contributed by atoms with Crippen LogP contribution in [0, 0.1) is 5.92 Å². The van der Waals surface area contributed by atoms with Gasteiger partial charge in [-0.2, -0.15) is 0 Å². The summed E-state index contributed by atoms with van der Waals surface area (Å²) in [6.45, 7) is 6.22. The minimum absolute atomic E-state index is 0.0275. The highest BCUT2D eigenvalue weighted by Gasteiger charge is 2.31. The Morgan fingerprint density at radius 1 is 0.938 bits per heavy atom. The molecule has 0 bridgehead atoms. The van der Waals surface area contributed by atoms with Crippen LogP contribution in [0.5, 0.6) is 0 Å². The smallest absolute Gasteiger partial charge is 0.329 e. The van der Waals surface area contributed by atoms with Crippen molar-refractivity contribution in [2.75, 3.05) is 13.1 Å². The largest absolute Gasteiger partial charge is 0.390 e. The summed E-state index contributed by atoms with van der Waals surface area (Å²) in [5, 5.41) is 22.6. The molecule has 0 spiro atoms. The van der Waals surface area contributed by atoms with Gasteiger partial charge in [-0.3, -0.25) is 19.8 Å². The van der Waals surface area contributed by atoms with E-state index in [9.17, 15) is 24.3 Å². The molecule has 3 atom stereocenters. The molecule has 0 saturated heterocycles. The summed E-state index contributed by atoms with van der Waals surface area (Å²) in [5.74, 6) is -1.76. The van der Waals surface area contributed by atoms with Crippen molar-refractivity contribution in [1.29, 1.82) is 0 Å². The lowest BCUT2D eigenvalue weighted by molar-refractivity contribution is -0.128. The molecule has 4 rings (SSSR count). The quantitative estimate of drug-likeness (QED) is 0.144. The van der Waals surface area contributed by atoms with Gasteiger partial charge in [0.1, 0.15) is 11.7 Å². The number of aliphatic hydroxyl groups is 1. The molecular formula is C36H49N7O5. The van der Waals surface area contributed by atoms with E-state index in [1.54, 1.807) is 29.3 Å². The number of para-hydroxylation sites is 1. The summed E-state index contributed by atoms with van der Waals surface area (Å²) < 4.78 is 0. The van der Waals surface area contributed by atoms with E-state index >= 15 is 0 Å². The van der Waals surface area contributed by atoms with Gasteiger partial charge >= 0.3 is 6.03 Å². The van der Waals surface area contributed by atoms with Gasteiger partial charge in [-0.05, 0) is 63.6 Å². The molecule has 1 aliphatic rings. The lowest BCUT2D eigenvalue weighted by Gasteiger charge is -2.34. The predicted octanol–water partition coefficient (Wildman–Crippen LogP) is 3.19. The Bertz CT molecular complexity index is 1540. The van der Waals surface area contributed by atoms with Gasteiger partial charge in [0.05, 0.1) is 24.1 Å². The molecule has 2 aromatic carbocycles. The topological polar surface area (TPSA) is 179 Å². The fourth-order valence-corrected chi connectivity index (χ4v) is 5.98. The molecule has 12 heteroatoms. The molecule has 3 aromatic rings. The number of nitrogens with one attached hydrogen (secondary N) is 4. The third-order valence-electron chi connectivity index (χ3n) is 8.31. The fraction of sp³-hybridized carbons (Fsp3) is 0.472. The molecular weight excluding hydrogens is 610 g/mol. The zero-order chi connectivity index (χ0) is 34.7. The monoisotopic (exact) mass is 659 g/mol. The maximum atomic E-state index is 13.7. The van der Waals surface area contributed by atoms with E-state index in [-0.39, 0.29) is 24.7 Å². The maximum Gasteiger partial charge on any atom is 0.329 e. The Kier molecular flexibility index (Phi) is 12.9. The first-order chi connectivity index (χ1) is 22.9. The molecule has 7 N–H and O–H groups in total. The zero-order valence-electron chi connectivity index (χ0n) is 28.1. The number of carbonyl (C=O) groups is 4. The Morgan fingerprint density at radius 3 is 2.31 bits per heavy atom. The number of carbonyl (C=O) groups excluding carboxylic acids is 4. The van der Waals surface area contributed by atoms with Crippen LogP contribution >= 0.6 is 0 Å². The van der Waals surface area contributed by atoms with Crippen LogP contribution in [0.1, 0.15) is 75.3 Å². The Labute approximate surface area is 282 Å². The number of urea groups is 1. The first-order valence-corrected chi connectivity index (χ1v) is 16.7. The minimum atomic E-state index is -1.32. The van der Waals surface area contributed by atoms with Crippen molar-refractivity contribution >= 4 is 34.7 Å². The van der Waals surface area contributed by atoms with Crippen LogP contribution in [0.4, 0.5) is 4.79 Å². The number of hydrogen-bond acceptors (Lipinski definition) is 7. The number of hydrazine groups is 1. The molecule has 5 amide bonds. The average molecular weight is 660 g/mol. The normalized spacial score (nSPS) is 15.7. The molecule has 0 radical (unpaired) electrons. The standard InChI is InChI=1S/C36H49N7O5/c1-36(2,3)41-35(48)42-43(22-25-14-8-5-9-15-25)23-31(44)29(20-24-12-6-4-7-13-24)39-34(47)30(21-32(37)45)40-33(46)28-19-18-26-16-10-11-17-27(26)38-28/h4,6-7,10-13,16-19,25,29-31,44H,5,8-9,14-15,20-23H2,1-3H3,(H2,37,45)(H,39,47)(H,40,46)(H2,41,42,48)/t29?,30-,31?/m0/s1. The third-order valence-corrected chi connectivity index (χ3v) is 8.31. The van der Waals surface area contributed by atoms with Gasteiger partial charge in [-0.1, -0.05) is 73.9 Å². The van der Waals surface area contributed by atoms with E-state index in [0.717, 1.165) is 36.6 Å². The highest BCUT2D eigenvalue weighted by atomic mass is 16.3. The average Bonchev–Trinajstić information content (AvgIpc) is 3.03. The molecule has 48 heavy (non-hydrogen) atoms. The van der Waals surface area contributed by atoms with Gasteiger partial charge in [-0.25, -0.2) is 14.8 Å². The number of hydrogen-bond donors (Lipinski definition) is 6. The van der Waals surface area contributed by atoms with Crippen LogP contribution in [0.3, 0.4) is 0 Å². The van der Waals surface area contributed by atoms with Crippen molar-refractivity contribution in [2.45, 2.75) is 89.4 Å². The van der Waals surface area contributed by atoms with Gasteiger partial charge in [0.15, 0.2) is 0 Å². The Hall–Kier alpha value is -4.55. The number of aliphatic hydroxyl groups excluding tert-OH is 1. The molecule has 1 fully saturated rings. The number of primary amides is 1. The number of amides is 5. The van der Waals surface area contributed by atoms with Crippen molar-refractivity contribution in [3.8, 4) is 0 Å². The highest BCUT2D eigenvalue weighted by molar-refractivity contribution is 5.99. The number of fused-ring (bicyclic) bond motifs is 1. The summed E-state index contributed by atoms with van der Waals surface area (Å²) in [6, 6.07) is 17.4. The highest BCUT2D eigenvalue weighted by Crippen LogP contribution is 2.24. The summed E-state index contributed by atoms with van der Waals surface area (Å²) in [5.41, 5.74) is 9.48. The second kappa shape index (κ2) is 17.0. The van der Waals surface area contributed by atoms with Crippen LogP contribution in [0.2, 0.25) is 0 Å². The minimum Gasteiger partial charge on any atom is -0.390 e. The summed E-state index contributed by atoms with van der Waals surface area (Å²) in [7, 11) is 0. The summed E-state index contributed by atoms with van der Waals surface area (Å²) >= 11 is 0. The van der Waals surface area contributed by atoms with E-state index < -0.39 is 47.9 Å². The molecule has 12 nitrogen and oxygen atoms in total. The van der Waals surface area contributed by atoms with E-state index in [1.165, 1.54) is 6.42 Å². The van der Waals surface area contributed by atoms with Crippen LogP contribution in [-0.2, 0) is 16.0 Å². The van der Waals surface area contributed by atoms with Crippen molar-refractivity contribution in [3.05, 3.63) is 78.0 Å². The Balaban J connectivity index is 1.53. The molecule has 258 valence electrons. The van der Waals surface area contributed by atoms with E-state index in [4.69, 9.17) is 5.73 Å². The van der Waals surface area contributed by atoms with Crippen molar-refractivity contribution in [3.63, 3.8) is 0 Å². The lowest BCUT2D eigenvalue weighted by Crippen LogP contribution is -2.59. The second-order valence-electron chi connectivity index (χ2n) is 13.7. The van der Waals surface area contributed by atoms with Gasteiger partial charge in [0, 0.05) is 24.0 Å². The number of rotatable bonds is 14. The van der Waals surface area contributed by atoms with Crippen LogP contribution in [-0.4, -0.2) is 75.7 Å². The SMILES string of the molecule is CC(C)(C)NC(=O)NN(CC1CCCCC1)CC(O)C(Cc1ccccc1)NC(=O)[C@H](CC(N)=O)NC(=O)c1ccc2ccccc2n1. The van der Waals surface area contributed by atoms with Crippen LogP contribution in [0.15, 0.2) is 66.7 Å². The molecule has 1 aliphatic carbocycles. The second-order valence-corrected chi connectivity index (χ2v) is 13.7. The molecule has 1 heterocycles. The first-order valence-electron chi connectivity index (χ1n) is 16.7. The van der Waals surface area contributed by atoms with E-state index in [1.807, 2.05) is 63.2 Å². The number of benzene rings is 2. The van der Waals surface area contributed by atoms with E-state index in [2.05, 4.69) is 26.4 Å². The molecule has 1 aromatic heterocycles. The van der Waals surface area contributed by atoms with Gasteiger partial charge in [0.2, 0.25) is 11.8 Å². The van der Waals surface area contributed by atoms with Gasteiger partial charge in [-0.15, -0.1) is 0 Å². The van der Waals surface area contributed by atoms with Gasteiger partial charge < -0.3 is 26.8 Å². The molecule has 0 aliphatic heterocycles. The summed E-state index contributed by atoms with van der Waals surface area (Å²) in [4.78, 5) is 56.3. The molecule has 2 unspecified atom stereocenters. The van der Waals surface area contributed by atoms with E-state index in [0.29, 0.717) is 18.0 Å². The first kappa shape index (κ1) is 36.3. The van der Waals surface area contributed by atoms with Crippen LogP contribution in [0.25, 0.3) is 10.9 Å². The molecule has 1 saturated carbocycles. The Morgan fingerprint density at radius 2 is 1.62 bits per heavy atom. The maximum absolute atomic E-state index is 13.7. The number of aromatic nitrogens is 1. The van der Waals surface area contributed by atoms with Crippen molar-refractivity contribution in [2.24, 2.45) is 11.7 Å². The number of nitrogens with zero attached hydrogens (tertiary/aromatic N) is 2. The van der Waals surface area contributed by atoms with Gasteiger partial charge in [0.25, 0.3) is 5.91 Å². The van der Waals surface area contributed by atoms with Crippen molar-refractivity contribution in [1.82, 2.24) is 31.4 Å². The zero-order valence-corrected chi connectivity index (χ0v) is 28.1. The number of pyridine rings is 1. The predicted molar refractivity (Wildman–Crippen MR) is 184 cm³/mol.